The summed E-state index contributed by atoms with van der Waals surface area (Å²) in [5.41, 5.74) is 5.14. The average Bonchev–Trinajstić information content (AvgIpc) is 2.60. The van der Waals surface area contributed by atoms with Gasteiger partial charge in [0.1, 0.15) is 5.82 Å². The molecule has 1 aromatic rings. The summed E-state index contributed by atoms with van der Waals surface area (Å²) in [5, 5.41) is 4.46. The first-order valence-corrected chi connectivity index (χ1v) is 8.00. The van der Waals surface area contributed by atoms with Crippen molar-refractivity contribution in [3.8, 4) is 0 Å². The lowest BCUT2D eigenvalue weighted by Gasteiger charge is -2.07. The van der Waals surface area contributed by atoms with Gasteiger partial charge in [-0.05, 0) is 76.3 Å². The fraction of sp³-hybridized carbons (Fsp3) is 0.462. The molecular formula is C13H15BrFIN2. The number of rotatable bonds is 2. The van der Waals surface area contributed by atoms with Crippen molar-refractivity contribution < 1.29 is 4.39 Å². The Bertz CT molecular complexity index is 453. The van der Waals surface area contributed by atoms with Crippen molar-refractivity contribution in [1.82, 2.24) is 0 Å². The Labute approximate surface area is 129 Å². The molecule has 18 heavy (non-hydrogen) atoms. The van der Waals surface area contributed by atoms with Crippen LogP contribution in [0.3, 0.4) is 0 Å². The van der Waals surface area contributed by atoms with E-state index in [1.165, 1.54) is 37.5 Å². The van der Waals surface area contributed by atoms with Crippen LogP contribution in [-0.2, 0) is 0 Å². The van der Waals surface area contributed by atoms with Gasteiger partial charge in [0, 0.05) is 9.28 Å². The molecule has 5 heteroatoms. The van der Waals surface area contributed by atoms with Crippen molar-refractivity contribution >= 4 is 49.9 Å². The van der Waals surface area contributed by atoms with Gasteiger partial charge in [0.25, 0.3) is 0 Å². The van der Waals surface area contributed by atoms with Gasteiger partial charge in [0.05, 0.1) is 10.2 Å². The SMILES string of the molecule is Fc1cc(I)c(NN=C2CCCCCC2)cc1Br. The van der Waals surface area contributed by atoms with Crippen LogP contribution in [0.2, 0.25) is 0 Å². The van der Waals surface area contributed by atoms with E-state index in [0.717, 1.165) is 22.1 Å². The second kappa shape index (κ2) is 6.84. The molecule has 0 aromatic heterocycles. The largest absolute Gasteiger partial charge is 0.277 e. The summed E-state index contributed by atoms with van der Waals surface area (Å²) in [6.07, 6.45) is 7.21. The van der Waals surface area contributed by atoms with Crippen LogP contribution in [0, 0.1) is 9.39 Å². The van der Waals surface area contributed by atoms with E-state index in [1.807, 2.05) is 0 Å². The average molecular weight is 425 g/mol. The lowest BCUT2D eigenvalue weighted by molar-refractivity contribution is 0.620. The summed E-state index contributed by atoms with van der Waals surface area (Å²) in [5.74, 6) is -0.243. The zero-order valence-electron chi connectivity index (χ0n) is 9.98. The van der Waals surface area contributed by atoms with E-state index < -0.39 is 0 Å². The maximum atomic E-state index is 13.3. The molecule has 1 aromatic carbocycles. The molecule has 2 rings (SSSR count). The summed E-state index contributed by atoms with van der Waals surface area (Å²) < 4.78 is 14.6. The van der Waals surface area contributed by atoms with E-state index >= 15 is 0 Å². The normalized spacial score (nSPS) is 16.3. The minimum absolute atomic E-state index is 0.243. The molecule has 2 nitrogen and oxygen atoms in total. The third-order valence-corrected chi connectivity index (χ3v) is 4.53. The number of hydrogen-bond donors (Lipinski definition) is 1. The molecule has 98 valence electrons. The van der Waals surface area contributed by atoms with Crippen molar-refractivity contribution in [3.63, 3.8) is 0 Å². The first kappa shape index (κ1) is 14.2. The zero-order valence-corrected chi connectivity index (χ0v) is 13.7. The Balaban J connectivity index is 2.09. The van der Waals surface area contributed by atoms with E-state index in [9.17, 15) is 4.39 Å². The fourth-order valence-electron chi connectivity index (χ4n) is 2.00. The van der Waals surface area contributed by atoms with Gasteiger partial charge in [0.2, 0.25) is 0 Å². The molecule has 0 radical (unpaired) electrons. The van der Waals surface area contributed by atoms with Crippen LogP contribution in [0.4, 0.5) is 10.1 Å². The number of nitrogens with one attached hydrogen (secondary N) is 1. The number of halogens is 3. The standard InChI is InChI=1S/C13H15BrFIN2/c14-10-7-13(12(16)8-11(10)15)18-17-9-5-3-1-2-4-6-9/h7-8,18H,1-6H2. The number of benzene rings is 1. The first-order valence-electron chi connectivity index (χ1n) is 6.13. The Kier molecular flexibility index (Phi) is 5.41. The molecule has 0 aliphatic heterocycles. The van der Waals surface area contributed by atoms with Crippen LogP contribution >= 0.6 is 38.5 Å². The summed E-state index contributed by atoms with van der Waals surface area (Å²) in [4.78, 5) is 0. The topological polar surface area (TPSA) is 24.4 Å². The minimum atomic E-state index is -0.243. The minimum Gasteiger partial charge on any atom is -0.277 e. The molecule has 0 bridgehead atoms. The third-order valence-electron chi connectivity index (χ3n) is 3.03. The molecule has 0 atom stereocenters. The van der Waals surface area contributed by atoms with Gasteiger partial charge in [-0.3, -0.25) is 5.43 Å². The lowest BCUT2D eigenvalue weighted by Crippen LogP contribution is -2.02. The molecule has 1 saturated carbocycles. The predicted molar refractivity (Wildman–Crippen MR) is 85.6 cm³/mol. The van der Waals surface area contributed by atoms with Crippen molar-refractivity contribution in [1.29, 1.82) is 0 Å². The molecule has 0 spiro atoms. The highest BCUT2D eigenvalue weighted by Crippen LogP contribution is 2.26. The summed E-state index contributed by atoms with van der Waals surface area (Å²) in [6.45, 7) is 0. The number of nitrogens with zero attached hydrogens (tertiary/aromatic N) is 1. The lowest BCUT2D eigenvalue weighted by atomic mass is 10.2. The maximum Gasteiger partial charge on any atom is 0.138 e. The van der Waals surface area contributed by atoms with E-state index in [2.05, 4.69) is 49.0 Å². The van der Waals surface area contributed by atoms with Crippen LogP contribution in [0.5, 0.6) is 0 Å². The smallest absolute Gasteiger partial charge is 0.138 e. The molecule has 0 saturated heterocycles. The molecule has 1 aliphatic carbocycles. The van der Waals surface area contributed by atoms with Gasteiger partial charge in [-0.15, -0.1) is 0 Å². The highest BCUT2D eigenvalue weighted by molar-refractivity contribution is 14.1. The van der Waals surface area contributed by atoms with E-state index in [4.69, 9.17) is 0 Å². The maximum absolute atomic E-state index is 13.3. The highest BCUT2D eigenvalue weighted by atomic mass is 127. The van der Waals surface area contributed by atoms with Crippen molar-refractivity contribution in [3.05, 3.63) is 26.0 Å². The monoisotopic (exact) mass is 424 g/mol. The Morgan fingerprint density at radius 2 is 1.83 bits per heavy atom. The summed E-state index contributed by atoms with van der Waals surface area (Å²) in [7, 11) is 0. The molecule has 0 unspecified atom stereocenters. The van der Waals surface area contributed by atoms with Crippen LogP contribution in [-0.4, -0.2) is 5.71 Å². The van der Waals surface area contributed by atoms with E-state index in [-0.39, 0.29) is 5.82 Å². The van der Waals surface area contributed by atoms with Gasteiger partial charge < -0.3 is 0 Å². The van der Waals surface area contributed by atoms with Crippen LogP contribution in [0.25, 0.3) is 0 Å². The number of anilines is 1. The quantitative estimate of drug-likeness (QED) is 0.295. The number of hydrogen-bond acceptors (Lipinski definition) is 2. The summed E-state index contributed by atoms with van der Waals surface area (Å²) in [6, 6.07) is 3.23. The summed E-state index contributed by atoms with van der Waals surface area (Å²) >= 11 is 5.30. The zero-order chi connectivity index (χ0) is 13.0. The van der Waals surface area contributed by atoms with Crippen LogP contribution in [0.15, 0.2) is 21.7 Å². The van der Waals surface area contributed by atoms with Gasteiger partial charge in [-0.25, -0.2) is 4.39 Å². The highest BCUT2D eigenvalue weighted by Gasteiger charge is 2.08. The Morgan fingerprint density at radius 3 is 2.50 bits per heavy atom. The molecule has 1 aliphatic rings. The van der Waals surface area contributed by atoms with Crippen LogP contribution in [0.1, 0.15) is 38.5 Å². The van der Waals surface area contributed by atoms with Crippen LogP contribution < -0.4 is 5.43 Å². The third kappa shape index (κ3) is 3.91. The van der Waals surface area contributed by atoms with E-state index in [1.54, 1.807) is 6.07 Å². The Morgan fingerprint density at radius 1 is 1.17 bits per heavy atom. The molecule has 0 amide bonds. The molecule has 1 N–H and O–H groups in total. The van der Waals surface area contributed by atoms with Crippen molar-refractivity contribution in [2.24, 2.45) is 5.10 Å². The van der Waals surface area contributed by atoms with Gasteiger partial charge >= 0.3 is 0 Å². The predicted octanol–water partition coefficient (Wildman–Crippen LogP) is 5.31. The van der Waals surface area contributed by atoms with Crippen molar-refractivity contribution in [2.75, 3.05) is 5.43 Å². The second-order valence-corrected chi connectivity index (χ2v) is 6.47. The fourth-order valence-corrected chi connectivity index (χ4v) is 2.89. The second-order valence-electron chi connectivity index (χ2n) is 4.45. The molecular weight excluding hydrogens is 410 g/mol. The van der Waals surface area contributed by atoms with Gasteiger partial charge in [-0.2, -0.15) is 5.10 Å². The number of hydrazone groups is 1. The van der Waals surface area contributed by atoms with Gasteiger partial charge in [0.15, 0.2) is 0 Å². The first-order chi connectivity index (χ1) is 8.66. The molecule has 0 heterocycles. The van der Waals surface area contributed by atoms with Crippen molar-refractivity contribution in [2.45, 2.75) is 38.5 Å². The molecule has 1 fully saturated rings. The van der Waals surface area contributed by atoms with Gasteiger partial charge in [-0.1, -0.05) is 12.8 Å². The Hall–Kier alpha value is -0.170. The van der Waals surface area contributed by atoms with E-state index in [0.29, 0.717) is 4.47 Å².